The normalized spacial score (nSPS) is 38.5. The minimum atomic E-state index is 0.162. The summed E-state index contributed by atoms with van der Waals surface area (Å²) in [6.45, 7) is 0.818. The molecule has 2 aliphatic heterocycles. The van der Waals surface area contributed by atoms with Crippen molar-refractivity contribution in [1.29, 1.82) is 0 Å². The number of nitrogens with one attached hydrogen (secondary N) is 2. The SMILES string of the molecule is O=C1CCN2NC(Br)CC2N1. The fourth-order valence-electron chi connectivity index (χ4n) is 1.48. The molecule has 2 rings (SSSR count). The second-order valence-electron chi connectivity index (χ2n) is 2.86. The lowest BCUT2D eigenvalue weighted by Gasteiger charge is -2.28. The fourth-order valence-corrected chi connectivity index (χ4v) is 2.10. The van der Waals surface area contributed by atoms with Gasteiger partial charge in [-0.15, -0.1) is 0 Å². The number of rotatable bonds is 0. The Morgan fingerprint density at radius 3 is 3.27 bits per heavy atom. The van der Waals surface area contributed by atoms with E-state index >= 15 is 0 Å². The van der Waals surface area contributed by atoms with Crippen molar-refractivity contribution in [3.8, 4) is 0 Å². The molecule has 0 aromatic carbocycles. The van der Waals surface area contributed by atoms with E-state index in [4.69, 9.17) is 0 Å². The van der Waals surface area contributed by atoms with Crippen LogP contribution in [0.3, 0.4) is 0 Å². The van der Waals surface area contributed by atoms with Crippen molar-refractivity contribution in [3.63, 3.8) is 0 Å². The van der Waals surface area contributed by atoms with E-state index in [1.807, 2.05) is 0 Å². The maximum absolute atomic E-state index is 10.9. The van der Waals surface area contributed by atoms with E-state index in [1.165, 1.54) is 0 Å². The van der Waals surface area contributed by atoms with Gasteiger partial charge < -0.3 is 5.32 Å². The van der Waals surface area contributed by atoms with Gasteiger partial charge in [0, 0.05) is 19.4 Å². The third-order valence-electron chi connectivity index (χ3n) is 2.02. The lowest BCUT2D eigenvalue weighted by atomic mass is 10.2. The van der Waals surface area contributed by atoms with Gasteiger partial charge in [0.25, 0.3) is 0 Å². The Bertz CT molecular complexity index is 187. The van der Waals surface area contributed by atoms with Gasteiger partial charge in [0.05, 0.1) is 11.1 Å². The van der Waals surface area contributed by atoms with Gasteiger partial charge in [0.15, 0.2) is 0 Å². The number of nitrogens with zero attached hydrogens (tertiary/aromatic N) is 1. The maximum Gasteiger partial charge on any atom is 0.222 e. The highest BCUT2D eigenvalue weighted by molar-refractivity contribution is 9.09. The molecule has 0 aliphatic carbocycles. The van der Waals surface area contributed by atoms with Crippen LogP contribution in [0.25, 0.3) is 0 Å². The molecule has 2 atom stereocenters. The minimum absolute atomic E-state index is 0.162. The van der Waals surface area contributed by atoms with Crippen LogP contribution in [0.15, 0.2) is 0 Å². The zero-order valence-electron chi connectivity index (χ0n) is 6.01. The number of hydrazine groups is 1. The molecule has 2 saturated heterocycles. The summed E-state index contributed by atoms with van der Waals surface area (Å²) in [6.07, 6.45) is 1.73. The van der Waals surface area contributed by atoms with Crippen molar-refractivity contribution in [1.82, 2.24) is 15.8 Å². The van der Waals surface area contributed by atoms with Crippen LogP contribution < -0.4 is 10.7 Å². The van der Waals surface area contributed by atoms with Crippen molar-refractivity contribution in [3.05, 3.63) is 0 Å². The summed E-state index contributed by atoms with van der Waals surface area (Å²) in [5, 5.41) is 4.97. The number of halogens is 1. The molecule has 2 heterocycles. The van der Waals surface area contributed by atoms with E-state index in [-0.39, 0.29) is 12.1 Å². The van der Waals surface area contributed by atoms with Gasteiger partial charge in [-0.05, 0) is 0 Å². The Hall–Kier alpha value is -0.130. The minimum Gasteiger partial charge on any atom is -0.339 e. The molecular weight excluding hydrogens is 210 g/mol. The van der Waals surface area contributed by atoms with Crippen molar-refractivity contribution in [2.24, 2.45) is 0 Å². The lowest BCUT2D eigenvalue weighted by Crippen LogP contribution is -2.53. The Morgan fingerprint density at radius 1 is 1.64 bits per heavy atom. The Kier molecular flexibility index (Phi) is 1.86. The van der Waals surface area contributed by atoms with Crippen molar-refractivity contribution in [2.45, 2.75) is 24.0 Å². The number of carbonyl (C=O) groups is 1. The standard InChI is InChI=1S/C6H10BrN3O/c7-4-3-5-8-6(11)1-2-10(5)9-4/h4-5,9H,1-3H2,(H,8,11). The summed E-state index contributed by atoms with van der Waals surface area (Å²) in [5.74, 6) is 0.162. The van der Waals surface area contributed by atoms with Gasteiger partial charge in [-0.25, -0.2) is 10.4 Å². The van der Waals surface area contributed by atoms with E-state index < -0.39 is 0 Å². The third kappa shape index (κ3) is 1.40. The van der Waals surface area contributed by atoms with Crippen LogP contribution >= 0.6 is 15.9 Å². The van der Waals surface area contributed by atoms with Gasteiger partial charge in [-0.3, -0.25) is 4.79 Å². The van der Waals surface area contributed by atoms with Crippen molar-refractivity contribution < 1.29 is 4.79 Å². The highest BCUT2D eigenvalue weighted by Crippen LogP contribution is 2.19. The van der Waals surface area contributed by atoms with Crippen LogP contribution in [0.1, 0.15) is 12.8 Å². The average Bonchev–Trinajstić information content (AvgIpc) is 2.27. The summed E-state index contributed by atoms with van der Waals surface area (Å²) >= 11 is 3.44. The molecule has 2 aliphatic rings. The number of hydrogen-bond donors (Lipinski definition) is 2. The zero-order valence-corrected chi connectivity index (χ0v) is 7.60. The summed E-state index contributed by atoms with van der Waals surface area (Å²) < 4.78 is 0. The molecule has 0 spiro atoms. The highest BCUT2D eigenvalue weighted by Gasteiger charge is 2.34. The Morgan fingerprint density at radius 2 is 2.45 bits per heavy atom. The molecular formula is C6H10BrN3O. The largest absolute Gasteiger partial charge is 0.339 e. The number of carbonyl (C=O) groups excluding carboxylic acids is 1. The van der Waals surface area contributed by atoms with E-state index in [0.717, 1.165) is 13.0 Å². The molecule has 2 unspecified atom stereocenters. The molecule has 62 valence electrons. The lowest BCUT2D eigenvalue weighted by molar-refractivity contribution is -0.126. The molecule has 0 aromatic rings. The first-order chi connectivity index (χ1) is 5.25. The number of hydrogen-bond acceptors (Lipinski definition) is 3. The van der Waals surface area contributed by atoms with Gasteiger partial charge in [0.2, 0.25) is 5.91 Å². The molecule has 0 aromatic heterocycles. The summed E-state index contributed by atoms with van der Waals surface area (Å²) in [7, 11) is 0. The van der Waals surface area contributed by atoms with Gasteiger partial charge in [0.1, 0.15) is 0 Å². The Labute approximate surface area is 73.4 Å². The summed E-state index contributed by atoms with van der Waals surface area (Å²) in [6, 6.07) is 0. The second kappa shape index (κ2) is 2.73. The van der Waals surface area contributed by atoms with Crippen LogP contribution in [-0.4, -0.2) is 28.6 Å². The van der Waals surface area contributed by atoms with E-state index in [2.05, 4.69) is 31.7 Å². The third-order valence-corrected chi connectivity index (χ3v) is 2.60. The number of amides is 1. The summed E-state index contributed by atoms with van der Waals surface area (Å²) in [4.78, 5) is 11.2. The molecule has 11 heavy (non-hydrogen) atoms. The highest BCUT2D eigenvalue weighted by atomic mass is 79.9. The molecule has 0 saturated carbocycles. The van der Waals surface area contributed by atoms with E-state index in [9.17, 15) is 4.79 Å². The second-order valence-corrected chi connectivity index (χ2v) is 3.96. The fraction of sp³-hybridized carbons (Fsp3) is 0.833. The molecule has 2 N–H and O–H groups in total. The zero-order chi connectivity index (χ0) is 7.84. The topological polar surface area (TPSA) is 44.4 Å². The van der Waals surface area contributed by atoms with Gasteiger partial charge in [-0.1, -0.05) is 15.9 Å². The molecule has 1 amide bonds. The predicted octanol–water partition coefficient (Wildman–Crippen LogP) is -0.236. The molecule has 4 nitrogen and oxygen atoms in total. The van der Waals surface area contributed by atoms with Crippen LogP contribution in [0.5, 0.6) is 0 Å². The van der Waals surface area contributed by atoms with Crippen LogP contribution in [0, 0.1) is 0 Å². The Balaban J connectivity index is 2.02. The molecule has 5 heteroatoms. The predicted molar refractivity (Wildman–Crippen MR) is 43.7 cm³/mol. The van der Waals surface area contributed by atoms with Crippen LogP contribution in [-0.2, 0) is 4.79 Å². The smallest absolute Gasteiger partial charge is 0.222 e. The maximum atomic E-state index is 10.9. The van der Waals surface area contributed by atoms with E-state index in [1.54, 1.807) is 0 Å². The summed E-state index contributed by atoms with van der Waals surface area (Å²) in [5.41, 5.74) is 3.21. The average molecular weight is 220 g/mol. The first kappa shape index (κ1) is 7.52. The number of fused-ring (bicyclic) bond motifs is 1. The van der Waals surface area contributed by atoms with Crippen molar-refractivity contribution in [2.75, 3.05) is 6.54 Å². The first-order valence-electron chi connectivity index (χ1n) is 3.72. The van der Waals surface area contributed by atoms with E-state index in [0.29, 0.717) is 11.4 Å². The molecule has 0 bridgehead atoms. The van der Waals surface area contributed by atoms with Crippen LogP contribution in [0.4, 0.5) is 0 Å². The monoisotopic (exact) mass is 219 g/mol. The van der Waals surface area contributed by atoms with Crippen LogP contribution in [0.2, 0.25) is 0 Å². The first-order valence-corrected chi connectivity index (χ1v) is 4.63. The number of alkyl halides is 1. The van der Waals surface area contributed by atoms with Gasteiger partial charge >= 0.3 is 0 Å². The molecule has 0 radical (unpaired) electrons. The van der Waals surface area contributed by atoms with Crippen molar-refractivity contribution >= 4 is 21.8 Å². The van der Waals surface area contributed by atoms with Gasteiger partial charge in [-0.2, -0.15) is 0 Å². The quantitative estimate of drug-likeness (QED) is 0.437. The molecule has 2 fully saturated rings.